The van der Waals surface area contributed by atoms with Crippen LogP contribution in [-0.4, -0.2) is 41.6 Å². The van der Waals surface area contributed by atoms with E-state index in [1.807, 2.05) is 121 Å². The molecule has 5 unspecified atom stereocenters. The minimum atomic E-state index is -1.04. The third-order valence-electron chi connectivity index (χ3n) is 6.94. The van der Waals surface area contributed by atoms with Gasteiger partial charge >= 0.3 is 5.97 Å². The van der Waals surface area contributed by atoms with E-state index in [1.165, 1.54) is 0 Å². The van der Waals surface area contributed by atoms with Crippen LogP contribution in [0.15, 0.2) is 121 Å². The Hall–Kier alpha value is -3.81. The predicted molar refractivity (Wildman–Crippen MR) is 151 cm³/mol. The molecule has 0 amide bonds. The zero-order valence-corrected chi connectivity index (χ0v) is 22.3. The van der Waals surface area contributed by atoms with Gasteiger partial charge in [-0.25, -0.2) is 4.79 Å². The van der Waals surface area contributed by atoms with Crippen LogP contribution in [0.4, 0.5) is 0 Å². The molecular weight excluding hydrogens is 504 g/mol. The first-order chi connectivity index (χ1) is 19.7. The van der Waals surface area contributed by atoms with Crippen molar-refractivity contribution in [3.8, 4) is 0 Å². The molecule has 1 fully saturated rings. The highest BCUT2D eigenvalue weighted by molar-refractivity contribution is 5.77. The number of hydrogen-bond acceptors (Lipinski definition) is 6. The van der Waals surface area contributed by atoms with Crippen LogP contribution in [-0.2, 0) is 50.0 Å². The lowest BCUT2D eigenvalue weighted by molar-refractivity contribution is -0.244. The van der Waals surface area contributed by atoms with Gasteiger partial charge in [-0.1, -0.05) is 121 Å². The highest BCUT2D eigenvalue weighted by Crippen LogP contribution is 2.30. The first-order valence-electron chi connectivity index (χ1n) is 13.6. The molecule has 206 valence electrons. The van der Waals surface area contributed by atoms with Gasteiger partial charge in [-0.2, -0.15) is 0 Å². The second kappa shape index (κ2) is 14.0. The molecule has 0 spiro atoms. The second-order valence-electron chi connectivity index (χ2n) is 9.90. The van der Waals surface area contributed by atoms with Gasteiger partial charge in [0.05, 0.1) is 25.9 Å². The molecule has 1 N–H and O–H groups in total. The Morgan fingerprint density at radius 2 is 0.975 bits per heavy atom. The Kier molecular flexibility index (Phi) is 9.72. The molecule has 0 saturated carbocycles. The van der Waals surface area contributed by atoms with Crippen molar-refractivity contribution in [2.75, 3.05) is 0 Å². The summed E-state index contributed by atoms with van der Waals surface area (Å²) in [7, 11) is 0. The number of esters is 1. The molecular formula is C34H34O6. The monoisotopic (exact) mass is 538 g/mol. The van der Waals surface area contributed by atoms with E-state index < -0.39 is 36.5 Å². The summed E-state index contributed by atoms with van der Waals surface area (Å²) in [5.74, 6) is -0.578. The largest absolute Gasteiger partial charge is 0.455 e. The summed E-state index contributed by atoms with van der Waals surface area (Å²) in [5, 5.41) is 11.4. The molecule has 1 saturated heterocycles. The Bertz CT molecular complexity index is 1300. The van der Waals surface area contributed by atoms with E-state index in [4.69, 9.17) is 18.9 Å². The molecule has 0 bridgehead atoms. The first kappa shape index (κ1) is 27.7. The van der Waals surface area contributed by atoms with E-state index in [2.05, 4.69) is 0 Å². The van der Waals surface area contributed by atoms with Crippen molar-refractivity contribution in [1.29, 1.82) is 0 Å². The maximum absolute atomic E-state index is 13.4. The summed E-state index contributed by atoms with van der Waals surface area (Å²) in [4.78, 5) is 13.4. The van der Waals surface area contributed by atoms with Gasteiger partial charge in [0, 0.05) is 6.42 Å². The quantitative estimate of drug-likeness (QED) is 0.248. The zero-order chi connectivity index (χ0) is 27.6. The lowest BCUT2D eigenvalue weighted by atomic mass is 9.92. The van der Waals surface area contributed by atoms with Crippen molar-refractivity contribution >= 4 is 5.97 Å². The number of hydrogen-bond donors (Lipinski definition) is 1. The van der Waals surface area contributed by atoms with Crippen LogP contribution >= 0.6 is 0 Å². The SMILES string of the molecule is O=C1OC(C(O)Cc2ccccc2)C(OCc2ccccc2)C(OCc2ccccc2)C1OCc1ccccc1. The molecule has 1 heterocycles. The molecule has 5 atom stereocenters. The summed E-state index contributed by atoms with van der Waals surface area (Å²) >= 11 is 0. The average molecular weight is 539 g/mol. The Balaban J connectivity index is 1.42. The number of carbonyl (C=O) groups is 1. The molecule has 4 aromatic rings. The molecule has 6 nitrogen and oxygen atoms in total. The summed E-state index contributed by atoms with van der Waals surface area (Å²) in [5.41, 5.74) is 3.76. The van der Waals surface area contributed by atoms with Crippen LogP contribution in [0.5, 0.6) is 0 Å². The van der Waals surface area contributed by atoms with Gasteiger partial charge in [0.15, 0.2) is 12.2 Å². The first-order valence-corrected chi connectivity index (χ1v) is 13.6. The van der Waals surface area contributed by atoms with Crippen LogP contribution < -0.4 is 0 Å². The highest BCUT2D eigenvalue weighted by Gasteiger charge is 2.51. The van der Waals surface area contributed by atoms with E-state index in [0.717, 1.165) is 22.3 Å². The number of ether oxygens (including phenoxy) is 4. The normalized spacial score (nSPS) is 21.5. The Morgan fingerprint density at radius 1 is 0.575 bits per heavy atom. The lowest BCUT2D eigenvalue weighted by Crippen LogP contribution is -2.61. The standard InChI is InChI=1S/C34H34O6/c35-29(21-25-13-5-1-6-14-25)30-31(37-22-26-15-7-2-8-16-26)32(38-23-27-17-9-3-10-18-27)33(34(36)40-30)39-24-28-19-11-4-12-20-28/h1-20,29-33,35H,21-24H2. The Morgan fingerprint density at radius 3 is 1.45 bits per heavy atom. The minimum absolute atomic E-state index is 0.203. The van der Waals surface area contributed by atoms with Crippen molar-refractivity contribution in [2.24, 2.45) is 0 Å². The van der Waals surface area contributed by atoms with Gasteiger partial charge in [-0.15, -0.1) is 0 Å². The Labute approximate surface area is 235 Å². The molecule has 0 aromatic heterocycles. The van der Waals surface area contributed by atoms with Crippen LogP contribution in [0.3, 0.4) is 0 Å². The van der Waals surface area contributed by atoms with Gasteiger partial charge in [-0.3, -0.25) is 0 Å². The number of benzene rings is 4. The van der Waals surface area contributed by atoms with Crippen molar-refractivity contribution in [3.63, 3.8) is 0 Å². The molecule has 0 radical (unpaired) electrons. The molecule has 0 aliphatic carbocycles. The number of aliphatic hydroxyl groups excluding tert-OH is 1. The molecule has 6 heteroatoms. The summed E-state index contributed by atoms with van der Waals surface area (Å²) < 4.78 is 24.9. The molecule has 1 aliphatic rings. The van der Waals surface area contributed by atoms with Gasteiger partial charge in [0.2, 0.25) is 0 Å². The summed E-state index contributed by atoms with van der Waals surface area (Å²) in [6.45, 7) is 0.708. The van der Waals surface area contributed by atoms with Gasteiger partial charge < -0.3 is 24.1 Å². The van der Waals surface area contributed by atoms with E-state index in [9.17, 15) is 9.90 Å². The van der Waals surface area contributed by atoms with Crippen molar-refractivity contribution in [3.05, 3.63) is 144 Å². The van der Waals surface area contributed by atoms with Gasteiger partial charge in [-0.05, 0) is 22.3 Å². The fourth-order valence-electron chi connectivity index (χ4n) is 4.86. The van der Waals surface area contributed by atoms with E-state index in [0.29, 0.717) is 6.42 Å². The van der Waals surface area contributed by atoms with Crippen LogP contribution in [0, 0.1) is 0 Å². The third-order valence-corrected chi connectivity index (χ3v) is 6.94. The topological polar surface area (TPSA) is 74.2 Å². The van der Waals surface area contributed by atoms with E-state index in [-0.39, 0.29) is 19.8 Å². The third kappa shape index (κ3) is 7.43. The van der Waals surface area contributed by atoms with Crippen molar-refractivity contribution in [2.45, 2.75) is 56.8 Å². The second-order valence-corrected chi connectivity index (χ2v) is 9.90. The van der Waals surface area contributed by atoms with Gasteiger partial charge in [0.25, 0.3) is 0 Å². The van der Waals surface area contributed by atoms with Gasteiger partial charge in [0.1, 0.15) is 12.2 Å². The average Bonchev–Trinajstić information content (AvgIpc) is 3.00. The van der Waals surface area contributed by atoms with Crippen LogP contribution in [0.1, 0.15) is 22.3 Å². The van der Waals surface area contributed by atoms with E-state index in [1.54, 1.807) is 0 Å². The summed E-state index contributed by atoms with van der Waals surface area (Å²) in [6, 6.07) is 38.7. The number of cyclic esters (lactones) is 1. The zero-order valence-electron chi connectivity index (χ0n) is 22.3. The molecule has 1 aliphatic heterocycles. The maximum atomic E-state index is 13.4. The van der Waals surface area contributed by atoms with Crippen LogP contribution in [0.25, 0.3) is 0 Å². The maximum Gasteiger partial charge on any atom is 0.338 e. The number of carbonyl (C=O) groups excluding carboxylic acids is 1. The number of aliphatic hydroxyl groups is 1. The molecule has 4 aromatic carbocycles. The minimum Gasteiger partial charge on any atom is -0.455 e. The molecule has 40 heavy (non-hydrogen) atoms. The van der Waals surface area contributed by atoms with Crippen LogP contribution in [0.2, 0.25) is 0 Å². The fraction of sp³-hybridized carbons (Fsp3) is 0.265. The highest BCUT2D eigenvalue weighted by atomic mass is 16.6. The molecule has 5 rings (SSSR count). The predicted octanol–water partition coefficient (Wildman–Crippen LogP) is 5.27. The van der Waals surface area contributed by atoms with E-state index >= 15 is 0 Å². The van der Waals surface area contributed by atoms with Crippen molar-refractivity contribution in [1.82, 2.24) is 0 Å². The lowest BCUT2D eigenvalue weighted by Gasteiger charge is -2.42. The smallest absolute Gasteiger partial charge is 0.338 e. The van der Waals surface area contributed by atoms with Crippen molar-refractivity contribution < 1.29 is 28.8 Å². The number of rotatable bonds is 12. The fourth-order valence-corrected chi connectivity index (χ4v) is 4.86. The summed E-state index contributed by atoms with van der Waals surface area (Å²) in [6.07, 6.45) is -4.29.